The third-order valence-corrected chi connectivity index (χ3v) is 0. The molecule has 0 atom stereocenters. The van der Waals surface area contributed by atoms with Crippen LogP contribution in [0, 0.1) is 0 Å². The van der Waals surface area contributed by atoms with Gasteiger partial charge in [-0.3, -0.25) is 0 Å². The van der Waals surface area contributed by atoms with E-state index in [1.165, 1.54) is 0 Å². The Morgan fingerprint density at radius 2 is 1.40 bits per heavy atom. The molecule has 0 saturated heterocycles. The zero-order valence-electron chi connectivity index (χ0n) is 5.08. The second-order valence-corrected chi connectivity index (χ2v) is 1.20. The molecule has 0 heterocycles. The van der Waals surface area contributed by atoms with Crippen molar-refractivity contribution in [1.29, 1.82) is 0 Å². The van der Waals surface area contributed by atoms with Crippen LogP contribution in [0.4, 0.5) is 4.79 Å². The van der Waals surface area contributed by atoms with Crippen LogP contribution in [0.25, 0.3) is 0 Å². The average Bonchev–Trinajstić information content (AvgIpc) is 0.811. The summed E-state index contributed by atoms with van der Waals surface area (Å²) in [6.07, 6.45) is 0. The van der Waals surface area contributed by atoms with E-state index < -0.39 is 4.76 Å². The standard InChI is InChI=1S/CH2AsO2.Ag.Bi.Cd.Cu.Sb.Zn.4H/c2-1(3)4;;;;;;;;;;/h2H,(H,3,4);;;;;;;;;;. The predicted molar refractivity (Wildman–Crippen MR) is 32.3 cm³/mol. The average molecular weight is 805 g/mol. The van der Waals surface area contributed by atoms with Crippen LogP contribution in [0.1, 0.15) is 0 Å². The summed E-state index contributed by atoms with van der Waals surface area (Å²) in [5.74, 6) is 0. The minimum absolute atomic E-state index is 0. The molecule has 0 aromatic carbocycles. The summed E-state index contributed by atoms with van der Waals surface area (Å²) in [6.45, 7) is 0. The second-order valence-electron chi connectivity index (χ2n) is 0.305. The Morgan fingerprint density at radius 1 is 1.40 bits per heavy atom. The first-order valence-electron chi connectivity index (χ1n) is 0.678. The van der Waals surface area contributed by atoms with E-state index in [1.807, 2.05) is 0 Å². The number of carboxylic acid groups (broad SMARTS) is 1. The summed E-state index contributed by atoms with van der Waals surface area (Å²) in [5.41, 5.74) is 0. The van der Waals surface area contributed by atoms with Crippen molar-refractivity contribution in [2.24, 2.45) is 0 Å². The van der Waals surface area contributed by atoms with E-state index in [4.69, 9.17) is 9.90 Å². The van der Waals surface area contributed by atoms with Gasteiger partial charge in [-0.15, -0.1) is 0 Å². The minimum atomic E-state index is -0.833. The number of carbonyl (C=O) groups is 1. The van der Waals surface area contributed by atoms with Crippen LogP contribution in [-0.2, 0) is 86.2 Å². The molecule has 0 aliphatic heterocycles. The summed E-state index contributed by atoms with van der Waals surface area (Å²) >= 11 is 1.08. The monoisotopic (exact) mass is 803 g/mol. The Hall–Kier alpha value is 4.53. The van der Waals surface area contributed by atoms with Gasteiger partial charge in [-0.25, -0.2) is 0 Å². The molecule has 0 aromatic heterocycles. The Kier molecular flexibility index (Phi) is 176. The third kappa shape index (κ3) is 81.1. The molecule has 2 nitrogen and oxygen atoms in total. The van der Waals surface area contributed by atoms with Gasteiger partial charge in [-0.05, 0) is 0 Å². The van der Waals surface area contributed by atoms with Gasteiger partial charge in [0.2, 0.25) is 0 Å². The maximum atomic E-state index is 9.00. The molecular formula is CH6AgAsBiCdCuO2SbZn. The summed E-state index contributed by atoms with van der Waals surface area (Å²) in [5, 5.41) is 7.42. The summed E-state index contributed by atoms with van der Waals surface area (Å²) in [4.78, 5) is 9.00. The smallest absolute Gasteiger partial charge is 0 e. The Labute approximate surface area is 165 Å². The van der Waals surface area contributed by atoms with E-state index in [0.717, 1.165) is 16.9 Å². The van der Waals surface area contributed by atoms with Gasteiger partial charge >= 0.3 is 82.1 Å². The Bertz CT molecular complexity index is 54.2. The van der Waals surface area contributed by atoms with E-state index >= 15 is 0 Å². The van der Waals surface area contributed by atoms with Crippen molar-refractivity contribution in [3.8, 4) is 0 Å². The summed E-state index contributed by atoms with van der Waals surface area (Å²) < 4.78 is -0.833. The van der Waals surface area contributed by atoms with Crippen LogP contribution in [0.15, 0.2) is 0 Å². The fourth-order valence-electron chi connectivity index (χ4n) is 0. The maximum Gasteiger partial charge on any atom is 0 e. The van der Waals surface area contributed by atoms with E-state index in [9.17, 15) is 0 Å². The zero-order chi connectivity index (χ0) is 3.58. The third-order valence-electron chi connectivity index (χ3n) is 0. The van der Waals surface area contributed by atoms with Crippen molar-refractivity contribution >= 4 is 72.2 Å². The van der Waals surface area contributed by atoms with Gasteiger partial charge < -0.3 is 0 Å². The molecule has 0 fully saturated rings. The van der Waals surface area contributed by atoms with Gasteiger partial charge in [0.05, 0.1) is 0 Å². The van der Waals surface area contributed by atoms with Gasteiger partial charge in [0.1, 0.15) is 0 Å². The zero-order valence-corrected chi connectivity index (χ0v) is 24.5. The van der Waals surface area contributed by atoms with Crippen LogP contribution < -0.4 is 0 Å². The molecule has 0 rings (SSSR count). The van der Waals surface area contributed by atoms with Crippen LogP contribution in [0.5, 0.6) is 0 Å². The molecule has 0 spiro atoms. The molecule has 0 bridgehead atoms. The Morgan fingerprint density at radius 3 is 1.40 bits per heavy atom. The molecule has 0 amide bonds. The van der Waals surface area contributed by atoms with E-state index in [1.54, 1.807) is 0 Å². The molecule has 0 saturated carbocycles. The maximum absolute atomic E-state index is 9.00. The Balaban J connectivity index is -0.00000000300. The first kappa shape index (κ1) is 46.9. The normalized spacial score (nSPS) is 2.50. The van der Waals surface area contributed by atoms with Crippen LogP contribution in [-0.4, -0.2) is 77.3 Å². The van der Waals surface area contributed by atoms with Crippen molar-refractivity contribution in [2.45, 2.75) is 0 Å². The molecule has 63 valence electrons. The van der Waals surface area contributed by atoms with Crippen LogP contribution >= 0.6 is 0 Å². The largest absolute Gasteiger partial charge is 0 e. The van der Waals surface area contributed by atoms with Gasteiger partial charge in [0, 0.05) is 86.2 Å². The van der Waals surface area contributed by atoms with E-state index in [2.05, 4.69) is 0 Å². The van der Waals surface area contributed by atoms with Crippen molar-refractivity contribution < 1.29 is 96.1 Å². The molecular weight excluding hydrogens is 799 g/mol. The predicted octanol–water partition coefficient (Wildman–Crippen LogP) is -2.28. The van der Waals surface area contributed by atoms with Crippen LogP contribution in [0.3, 0.4) is 0 Å². The topological polar surface area (TPSA) is 37.3 Å². The molecule has 0 aliphatic carbocycles. The van der Waals surface area contributed by atoms with Gasteiger partial charge in [0.15, 0.2) is 0 Å². The SMILES string of the molecule is O=C(O)[AsH].[Ag].[BiH].[Cd].[Cu].[SbH3].[Zn]. The fraction of sp³-hybridized carbons (Fsp3) is 0. The van der Waals surface area contributed by atoms with Crippen molar-refractivity contribution in [3.63, 3.8) is 0 Å². The fourth-order valence-corrected chi connectivity index (χ4v) is 0. The molecule has 0 aliphatic rings. The molecule has 10 heavy (non-hydrogen) atoms. The number of hydrogen-bond acceptors (Lipinski definition) is 1. The number of hydrogen-bond donors (Lipinski definition) is 1. The van der Waals surface area contributed by atoms with Crippen molar-refractivity contribution in [2.75, 3.05) is 0 Å². The molecule has 5 radical (unpaired) electrons. The number of rotatable bonds is 0. The van der Waals surface area contributed by atoms with Crippen molar-refractivity contribution in [1.82, 2.24) is 0 Å². The summed E-state index contributed by atoms with van der Waals surface area (Å²) in [6, 6.07) is 0. The molecule has 1 N–H and O–H groups in total. The van der Waals surface area contributed by atoms with E-state index in [-0.39, 0.29) is 137 Å². The molecule has 0 aromatic rings. The van der Waals surface area contributed by atoms with Crippen LogP contribution in [0.2, 0.25) is 0 Å². The summed E-state index contributed by atoms with van der Waals surface area (Å²) in [7, 11) is 0. The first-order valence-corrected chi connectivity index (χ1v) is 1.73. The second kappa shape index (κ2) is 37.5. The minimum Gasteiger partial charge on any atom is 0 e. The van der Waals surface area contributed by atoms with Gasteiger partial charge in [-0.1, -0.05) is 0 Å². The van der Waals surface area contributed by atoms with Gasteiger partial charge in [0.25, 0.3) is 0 Å². The molecule has 0 unspecified atom stereocenters. The first-order chi connectivity index (χ1) is 1.73. The van der Waals surface area contributed by atoms with Crippen molar-refractivity contribution in [3.05, 3.63) is 0 Å². The van der Waals surface area contributed by atoms with E-state index in [0.29, 0.717) is 0 Å². The van der Waals surface area contributed by atoms with Gasteiger partial charge in [-0.2, -0.15) is 0 Å². The quantitative estimate of drug-likeness (QED) is 0.281. The molecule has 9 heteroatoms.